The van der Waals surface area contributed by atoms with Crippen LogP contribution >= 0.6 is 23.2 Å². The molecule has 0 spiro atoms. The lowest BCUT2D eigenvalue weighted by atomic mass is 10.2. The molecular formula is C12H16Cl2N2O2. The first-order chi connectivity index (χ1) is 8.52. The summed E-state index contributed by atoms with van der Waals surface area (Å²) in [5.74, 6) is 0. The number of halogens is 2. The number of carbonyl (C=O) groups is 1. The third-order valence-electron chi connectivity index (χ3n) is 2.35. The van der Waals surface area contributed by atoms with E-state index in [0.717, 1.165) is 6.42 Å². The number of hydrogen-bond acceptors (Lipinski definition) is 2. The Kier molecular flexibility index (Phi) is 6.25. The fourth-order valence-electron chi connectivity index (χ4n) is 1.43. The number of amides is 2. The maximum atomic E-state index is 11.6. The molecule has 3 N–H and O–H groups in total. The summed E-state index contributed by atoms with van der Waals surface area (Å²) in [7, 11) is 0. The second kappa shape index (κ2) is 7.46. The molecule has 1 aromatic rings. The van der Waals surface area contributed by atoms with E-state index in [9.17, 15) is 4.79 Å². The average Bonchev–Trinajstić information content (AvgIpc) is 2.31. The van der Waals surface area contributed by atoms with Crippen LogP contribution in [0.5, 0.6) is 0 Å². The van der Waals surface area contributed by atoms with Crippen molar-refractivity contribution >= 4 is 34.9 Å². The van der Waals surface area contributed by atoms with Crippen LogP contribution in [-0.4, -0.2) is 23.8 Å². The van der Waals surface area contributed by atoms with E-state index >= 15 is 0 Å². The molecule has 0 bridgehead atoms. The molecule has 0 aromatic heterocycles. The molecular weight excluding hydrogens is 275 g/mol. The summed E-state index contributed by atoms with van der Waals surface area (Å²) in [6, 6.07) is 4.57. The number of rotatable bonds is 5. The quantitative estimate of drug-likeness (QED) is 0.779. The van der Waals surface area contributed by atoms with E-state index in [1.54, 1.807) is 18.2 Å². The van der Waals surface area contributed by atoms with E-state index in [1.807, 2.05) is 6.92 Å². The molecule has 2 amide bonds. The highest BCUT2D eigenvalue weighted by molar-refractivity contribution is 6.42. The Labute approximate surface area is 116 Å². The van der Waals surface area contributed by atoms with Gasteiger partial charge in [0.15, 0.2) is 0 Å². The number of hydrogen-bond donors (Lipinski definition) is 3. The van der Waals surface area contributed by atoms with E-state index < -0.39 is 0 Å². The third kappa shape index (κ3) is 5.12. The lowest BCUT2D eigenvalue weighted by Crippen LogP contribution is -2.36. The summed E-state index contributed by atoms with van der Waals surface area (Å²) in [6.07, 6.45) is 1.39. The predicted octanol–water partition coefficient (Wildman–Crippen LogP) is 3.28. The highest BCUT2D eigenvalue weighted by Crippen LogP contribution is 2.24. The summed E-state index contributed by atoms with van der Waals surface area (Å²) >= 11 is 11.6. The predicted molar refractivity (Wildman–Crippen MR) is 74.4 cm³/mol. The van der Waals surface area contributed by atoms with Crippen LogP contribution in [0.1, 0.15) is 19.8 Å². The molecule has 18 heavy (non-hydrogen) atoms. The van der Waals surface area contributed by atoms with E-state index in [1.165, 1.54) is 0 Å². The molecule has 1 atom stereocenters. The van der Waals surface area contributed by atoms with Crippen LogP contribution in [0.2, 0.25) is 10.0 Å². The van der Waals surface area contributed by atoms with E-state index in [4.69, 9.17) is 28.3 Å². The molecule has 0 radical (unpaired) electrons. The molecule has 0 aliphatic rings. The summed E-state index contributed by atoms with van der Waals surface area (Å²) in [5.41, 5.74) is 0.580. The van der Waals surface area contributed by atoms with Crippen molar-refractivity contribution in [1.29, 1.82) is 0 Å². The van der Waals surface area contributed by atoms with Crippen LogP contribution in [0.15, 0.2) is 18.2 Å². The minimum Gasteiger partial charge on any atom is -0.396 e. The zero-order valence-corrected chi connectivity index (χ0v) is 11.6. The molecule has 0 aliphatic heterocycles. The van der Waals surface area contributed by atoms with Gasteiger partial charge in [-0.05, 0) is 38.0 Å². The van der Waals surface area contributed by atoms with Crippen LogP contribution in [-0.2, 0) is 0 Å². The summed E-state index contributed by atoms with van der Waals surface area (Å²) < 4.78 is 0. The van der Waals surface area contributed by atoms with Crippen molar-refractivity contribution in [1.82, 2.24) is 5.32 Å². The minimum atomic E-state index is -0.307. The molecule has 4 nitrogen and oxygen atoms in total. The van der Waals surface area contributed by atoms with Crippen molar-refractivity contribution in [3.63, 3.8) is 0 Å². The van der Waals surface area contributed by atoms with Gasteiger partial charge in [-0.1, -0.05) is 23.2 Å². The molecule has 0 saturated carbocycles. The van der Waals surface area contributed by atoms with Crippen molar-refractivity contribution in [2.75, 3.05) is 11.9 Å². The average molecular weight is 291 g/mol. The van der Waals surface area contributed by atoms with Crippen molar-refractivity contribution in [3.05, 3.63) is 28.2 Å². The minimum absolute atomic E-state index is 0.0000721. The SMILES string of the molecule is CC(CCCO)NC(=O)Nc1ccc(Cl)c(Cl)c1. The van der Waals surface area contributed by atoms with Gasteiger partial charge in [0.2, 0.25) is 0 Å². The Balaban J connectivity index is 2.46. The fraction of sp³-hybridized carbons (Fsp3) is 0.417. The van der Waals surface area contributed by atoms with Gasteiger partial charge in [-0.3, -0.25) is 0 Å². The lowest BCUT2D eigenvalue weighted by Gasteiger charge is -2.14. The molecule has 1 rings (SSSR count). The second-order valence-electron chi connectivity index (χ2n) is 3.99. The molecule has 100 valence electrons. The lowest BCUT2D eigenvalue weighted by molar-refractivity contribution is 0.245. The van der Waals surface area contributed by atoms with E-state index in [2.05, 4.69) is 10.6 Å². The monoisotopic (exact) mass is 290 g/mol. The Hall–Kier alpha value is -0.970. The Morgan fingerprint density at radius 2 is 2.11 bits per heavy atom. The van der Waals surface area contributed by atoms with Gasteiger partial charge in [0.05, 0.1) is 10.0 Å². The standard InChI is InChI=1S/C12H16Cl2N2O2/c1-8(3-2-6-17)15-12(18)16-9-4-5-10(13)11(14)7-9/h4-5,7-8,17H,2-3,6H2,1H3,(H2,15,16,18). The Bertz CT molecular complexity index is 413. The zero-order valence-electron chi connectivity index (χ0n) is 10.0. The number of aliphatic hydroxyl groups excluding tert-OH is 1. The molecule has 0 aliphatic carbocycles. The van der Waals surface area contributed by atoms with Crippen LogP contribution in [0.4, 0.5) is 10.5 Å². The molecule has 0 heterocycles. The van der Waals surface area contributed by atoms with E-state index in [0.29, 0.717) is 22.2 Å². The van der Waals surface area contributed by atoms with Crippen LogP contribution in [0.25, 0.3) is 0 Å². The first kappa shape index (κ1) is 15.1. The maximum absolute atomic E-state index is 11.6. The smallest absolute Gasteiger partial charge is 0.319 e. The first-order valence-corrected chi connectivity index (χ1v) is 6.42. The highest BCUT2D eigenvalue weighted by atomic mass is 35.5. The van der Waals surface area contributed by atoms with E-state index in [-0.39, 0.29) is 18.7 Å². The number of nitrogens with one attached hydrogen (secondary N) is 2. The van der Waals surface area contributed by atoms with Crippen LogP contribution in [0.3, 0.4) is 0 Å². The Morgan fingerprint density at radius 1 is 1.39 bits per heavy atom. The maximum Gasteiger partial charge on any atom is 0.319 e. The van der Waals surface area contributed by atoms with Gasteiger partial charge in [-0.15, -0.1) is 0 Å². The van der Waals surface area contributed by atoms with Gasteiger partial charge in [-0.25, -0.2) is 4.79 Å². The fourth-order valence-corrected chi connectivity index (χ4v) is 1.73. The topological polar surface area (TPSA) is 61.4 Å². The summed E-state index contributed by atoms with van der Waals surface area (Å²) in [4.78, 5) is 11.6. The highest BCUT2D eigenvalue weighted by Gasteiger charge is 2.07. The van der Waals surface area contributed by atoms with Gasteiger partial charge < -0.3 is 15.7 Å². The number of carbonyl (C=O) groups excluding carboxylic acids is 1. The second-order valence-corrected chi connectivity index (χ2v) is 4.81. The summed E-state index contributed by atoms with van der Waals surface area (Å²) in [5, 5.41) is 14.9. The van der Waals surface area contributed by atoms with Crippen molar-refractivity contribution in [2.45, 2.75) is 25.8 Å². The van der Waals surface area contributed by atoms with Crippen molar-refractivity contribution < 1.29 is 9.90 Å². The molecule has 1 unspecified atom stereocenters. The van der Waals surface area contributed by atoms with Gasteiger partial charge in [-0.2, -0.15) is 0 Å². The van der Waals surface area contributed by atoms with Gasteiger partial charge >= 0.3 is 6.03 Å². The number of aliphatic hydroxyl groups is 1. The molecule has 1 aromatic carbocycles. The number of urea groups is 1. The Morgan fingerprint density at radius 3 is 2.72 bits per heavy atom. The van der Waals surface area contributed by atoms with Gasteiger partial charge in [0.1, 0.15) is 0 Å². The largest absolute Gasteiger partial charge is 0.396 e. The third-order valence-corrected chi connectivity index (χ3v) is 3.09. The first-order valence-electron chi connectivity index (χ1n) is 5.66. The molecule has 0 fully saturated rings. The van der Waals surface area contributed by atoms with Crippen molar-refractivity contribution in [2.24, 2.45) is 0 Å². The van der Waals surface area contributed by atoms with Gasteiger partial charge in [0.25, 0.3) is 0 Å². The zero-order chi connectivity index (χ0) is 13.5. The normalized spacial score (nSPS) is 12.0. The van der Waals surface area contributed by atoms with Crippen LogP contribution < -0.4 is 10.6 Å². The van der Waals surface area contributed by atoms with Gasteiger partial charge in [0, 0.05) is 18.3 Å². The number of anilines is 1. The van der Waals surface area contributed by atoms with Crippen LogP contribution in [0, 0.1) is 0 Å². The number of benzene rings is 1. The molecule has 6 heteroatoms. The molecule has 0 saturated heterocycles. The van der Waals surface area contributed by atoms with Crippen molar-refractivity contribution in [3.8, 4) is 0 Å². The summed E-state index contributed by atoms with van der Waals surface area (Å²) in [6.45, 7) is 2.00.